The molecule has 1 heterocycles. The highest BCUT2D eigenvalue weighted by atomic mass is 16.3. The molecule has 3 aromatic rings. The first-order valence-electron chi connectivity index (χ1n) is 6.75. The fraction of sp³-hybridized carbons (Fsp3) is 0.0625. The highest BCUT2D eigenvalue weighted by Gasteiger charge is 2.04. The van der Waals surface area contributed by atoms with Gasteiger partial charge in [0.1, 0.15) is 5.75 Å². The number of fused-ring (bicyclic) bond motifs is 1. The molecule has 22 heavy (non-hydrogen) atoms. The number of hydrogen-bond donors (Lipinski definition) is 3. The topological polar surface area (TPSA) is 90.4 Å². The van der Waals surface area contributed by atoms with Crippen LogP contribution < -0.4 is 11.0 Å². The van der Waals surface area contributed by atoms with Crippen LogP contribution in [0.3, 0.4) is 0 Å². The molecule has 0 atom stereocenters. The second kappa shape index (κ2) is 6.09. The van der Waals surface area contributed by atoms with Crippen LogP contribution >= 0.6 is 0 Å². The Morgan fingerprint density at radius 2 is 1.86 bits per heavy atom. The van der Waals surface area contributed by atoms with Crippen LogP contribution in [0.1, 0.15) is 11.3 Å². The van der Waals surface area contributed by atoms with Gasteiger partial charge in [0.15, 0.2) is 0 Å². The van der Waals surface area contributed by atoms with Crippen molar-refractivity contribution in [3.63, 3.8) is 0 Å². The Labute approximate surface area is 126 Å². The van der Waals surface area contributed by atoms with Crippen molar-refractivity contribution < 1.29 is 5.11 Å². The van der Waals surface area contributed by atoms with Crippen molar-refractivity contribution in [1.82, 2.24) is 15.6 Å². The molecule has 110 valence electrons. The highest BCUT2D eigenvalue weighted by molar-refractivity contribution is 5.83. The number of rotatable bonds is 4. The third-order valence-electron chi connectivity index (χ3n) is 3.22. The number of hydrazone groups is 1. The summed E-state index contributed by atoms with van der Waals surface area (Å²) in [5.41, 5.74) is 4.28. The van der Waals surface area contributed by atoms with Gasteiger partial charge in [-0.15, -0.1) is 0 Å². The maximum atomic E-state index is 11.7. The van der Waals surface area contributed by atoms with Crippen LogP contribution in [-0.4, -0.2) is 21.5 Å². The van der Waals surface area contributed by atoms with Gasteiger partial charge in [0, 0.05) is 5.39 Å². The normalized spacial score (nSPS) is 11.1. The standard InChI is InChI=1S/C16H14N4O2/c21-12-7-5-11(6-8-12)9-17-18-10-15-13-3-1-2-4-14(13)16(22)20-19-15/h1-9,18,21H,10H2,(H,20,22)/b17-9-. The summed E-state index contributed by atoms with van der Waals surface area (Å²) in [6, 6.07) is 14.0. The van der Waals surface area contributed by atoms with Gasteiger partial charge in [-0.25, -0.2) is 5.10 Å². The number of nitrogens with one attached hydrogen (secondary N) is 2. The molecule has 0 fully saturated rings. The zero-order chi connectivity index (χ0) is 15.4. The van der Waals surface area contributed by atoms with Crippen LogP contribution in [-0.2, 0) is 6.54 Å². The Kier molecular flexibility index (Phi) is 3.82. The Bertz CT molecular complexity index is 869. The van der Waals surface area contributed by atoms with Crippen LogP contribution in [0.5, 0.6) is 5.75 Å². The second-order valence-corrected chi connectivity index (χ2v) is 4.73. The van der Waals surface area contributed by atoms with Gasteiger partial charge in [-0.05, 0) is 35.9 Å². The molecule has 0 radical (unpaired) electrons. The minimum Gasteiger partial charge on any atom is -0.508 e. The van der Waals surface area contributed by atoms with Gasteiger partial charge in [0.25, 0.3) is 5.56 Å². The molecule has 0 amide bonds. The molecule has 1 aromatic heterocycles. The fourth-order valence-corrected chi connectivity index (χ4v) is 2.11. The second-order valence-electron chi connectivity index (χ2n) is 4.73. The number of phenols is 1. The molecule has 0 aliphatic carbocycles. The van der Waals surface area contributed by atoms with Crippen molar-refractivity contribution in [2.45, 2.75) is 6.54 Å². The summed E-state index contributed by atoms with van der Waals surface area (Å²) in [6.07, 6.45) is 1.65. The summed E-state index contributed by atoms with van der Waals surface area (Å²) >= 11 is 0. The van der Waals surface area contributed by atoms with Crippen molar-refractivity contribution >= 4 is 17.0 Å². The van der Waals surface area contributed by atoms with Gasteiger partial charge >= 0.3 is 0 Å². The lowest BCUT2D eigenvalue weighted by molar-refractivity contribution is 0.475. The Balaban J connectivity index is 1.73. The summed E-state index contributed by atoms with van der Waals surface area (Å²) in [6.45, 7) is 0.395. The Morgan fingerprint density at radius 3 is 2.64 bits per heavy atom. The lowest BCUT2D eigenvalue weighted by atomic mass is 10.1. The average molecular weight is 294 g/mol. The van der Waals surface area contributed by atoms with Gasteiger partial charge in [-0.1, -0.05) is 18.2 Å². The van der Waals surface area contributed by atoms with Crippen LogP contribution in [0.15, 0.2) is 58.4 Å². The van der Waals surface area contributed by atoms with Crippen molar-refractivity contribution in [3.05, 3.63) is 70.1 Å². The van der Waals surface area contributed by atoms with Crippen molar-refractivity contribution in [3.8, 4) is 5.75 Å². The molecule has 0 aliphatic rings. The van der Waals surface area contributed by atoms with Crippen molar-refractivity contribution in [2.75, 3.05) is 0 Å². The number of hydrogen-bond acceptors (Lipinski definition) is 5. The first-order valence-corrected chi connectivity index (χ1v) is 6.75. The van der Waals surface area contributed by atoms with Crippen LogP contribution in [0.4, 0.5) is 0 Å². The molecule has 0 spiro atoms. The van der Waals surface area contributed by atoms with Crippen LogP contribution in [0.25, 0.3) is 10.8 Å². The van der Waals surface area contributed by atoms with Gasteiger partial charge in [0.05, 0.1) is 23.8 Å². The highest BCUT2D eigenvalue weighted by Crippen LogP contribution is 2.12. The van der Waals surface area contributed by atoms with E-state index in [0.29, 0.717) is 11.9 Å². The van der Waals surface area contributed by atoms with Gasteiger partial charge in [-0.3, -0.25) is 4.79 Å². The molecule has 2 aromatic carbocycles. The lowest BCUT2D eigenvalue weighted by Gasteiger charge is -2.04. The van der Waals surface area contributed by atoms with E-state index in [2.05, 4.69) is 20.7 Å². The van der Waals surface area contributed by atoms with Crippen LogP contribution in [0, 0.1) is 0 Å². The largest absolute Gasteiger partial charge is 0.508 e. The van der Waals surface area contributed by atoms with E-state index in [0.717, 1.165) is 16.6 Å². The van der Waals surface area contributed by atoms with Crippen LogP contribution in [0.2, 0.25) is 0 Å². The quantitative estimate of drug-likeness (QED) is 0.505. The molecule has 6 nitrogen and oxygen atoms in total. The molecule has 0 bridgehead atoms. The third-order valence-corrected chi connectivity index (χ3v) is 3.22. The zero-order valence-electron chi connectivity index (χ0n) is 11.7. The SMILES string of the molecule is O=c1[nH]nc(CN/N=C\c2ccc(O)cc2)c2ccccc12. The smallest absolute Gasteiger partial charge is 0.272 e. The van der Waals surface area contributed by atoms with E-state index in [1.165, 1.54) is 0 Å². The van der Waals surface area contributed by atoms with Crippen molar-refractivity contribution in [1.29, 1.82) is 0 Å². The Hall–Kier alpha value is -3.15. The number of aromatic amines is 1. The predicted octanol–water partition coefficient (Wildman–Crippen LogP) is 1.75. The third kappa shape index (κ3) is 2.95. The number of phenolic OH excluding ortho intramolecular Hbond substituents is 1. The molecule has 0 saturated carbocycles. The minimum atomic E-state index is -0.202. The average Bonchev–Trinajstić information content (AvgIpc) is 2.55. The lowest BCUT2D eigenvalue weighted by Crippen LogP contribution is -2.15. The van der Waals surface area contributed by atoms with E-state index >= 15 is 0 Å². The molecular formula is C16H14N4O2. The minimum absolute atomic E-state index is 0.202. The van der Waals surface area contributed by atoms with Gasteiger partial charge < -0.3 is 10.5 Å². The fourth-order valence-electron chi connectivity index (χ4n) is 2.11. The molecule has 3 rings (SSSR count). The maximum Gasteiger partial charge on any atom is 0.272 e. The van der Waals surface area contributed by atoms with E-state index in [4.69, 9.17) is 0 Å². The van der Waals surface area contributed by atoms with E-state index in [9.17, 15) is 9.90 Å². The summed E-state index contributed by atoms with van der Waals surface area (Å²) in [5, 5.41) is 21.3. The molecule has 0 unspecified atom stereocenters. The molecular weight excluding hydrogens is 280 g/mol. The maximum absolute atomic E-state index is 11.7. The first kappa shape index (κ1) is 13.8. The molecule has 3 N–H and O–H groups in total. The van der Waals surface area contributed by atoms with Gasteiger partial charge in [-0.2, -0.15) is 10.2 Å². The number of aromatic nitrogens is 2. The molecule has 6 heteroatoms. The summed E-state index contributed by atoms with van der Waals surface area (Å²) < 4.78 is 0. The predicted molar refractivity (Wildman–Crippen MR) is 84.9 cm³/mol. The van der Waals surface area contributed by atoms with Gasteiger partial charge in [0.2, 0.25) is 0 Å². The zero-order valence-corrected chi connectivity index (χ0v) is 11.7. The summed E-state index contributed by atoms with van der Waals surface area (Å²) in [5.74, 6) is 0.217. The number of benzene rings is 2. The van der Waals surface area contributed by atoms with Crippen molar-refractivity contribution in [2.24, 2.45) is 5.10 Å². The summed E-state index contributed by atoms with van der Waals surface area (Å²) in [7, 11) is 0. The van der Waals surface area contributed by atoms with E-state index < -0.39 is 0 Å². The molecule has 0 saturated heterocycles. The van der Waals surface area contributed by atoms with E-state index in [1.54, 1.807) is 36.5 Å². The number of H-pyrrole nitrogens is 1. The molecule has 0 aliphatic heterocycles. The Morgan fingerprint density at radius 1 is 1.14 bits per heavy atom. The van der Waals surface area contributed by atoms with E-state index in [-0.39, 0.29) is 11.3 Å². The first-order chi connectivity index (χ1) is 10.7. The summed E-state index contributed by atoms with van der Waals surface area (Å²) in [4.78, 5) is 11.7. The van der Waals surface area contributed by atoms with E-state index in [1.807, 2.05) is 18.2 Å². The number of nitrogens with zero attached hydrogens (tertiary/aromatic N) is 2. The number of aromatic hydroxyl groups is 1. The monoisotopic (exact) mass is 294 g/mol.